The predicted octanol–water partition coefficient (Wildman–Crippen LogP) is 0.714. The zero-order chi connectivity index (χ0) is 9.97. The average Bonchev–Trinajstić information content (AvgIpc) is 2.70. The van der Waals surface area contributed by atoms with Gasteiger partial charge in [0.2, 0.25) is 0 Å². The average molecular weight is 199 g/mol. The molecule has 0 aromatic rings. The third kappa shape index (κ3) is 1.91. The summed E-state index contributed by atoms with van der Waals surface area (Å²) >= 11 is 0. The van der Waals surface area contributed by atoms with E-state index in [1.54, 1.807) is 0 Å². The number of piperidine rings is 1. The molecule has 80 valence electrons. The Bertz CT molecular complexity index is 213. The molecule has 0 aliphatic carbocycles. The third-order valence-corrected chi connectivity index (χ3v) is 3.20. The summed E-state index contributed by atoms with van der Waals surface area (Å²) in [4.78, 5) is 13.2. The molecule has 2 atom stereocenters. The Labute approximate surface area is 83.8 Å². The topological polar surface area (TPSA) is 49.8 Å². The first-order chi connectivity index (χ1) is 6.79. The fraction of sp³-hybridized carbons (Fsp3) is 0.900. The van der Waals surface area contributed by atoms with E-state index in [0.29, 0.717) is 12.6 Å². The minimum atomic E-state index is -0.670. The van der Waals surface area contributed by atoms with Gasteiger partial charge in [-0.1, -0.05) is 6.42 Å². The fourth-order valence-electron chi connectivity index (χ4n) is 2.44. The smallest absolute Gasteiger partial charge is 0.320 e. The molecule has 0 aromatic carbocycles. The van der Waals surface area contributed by atoms with Crippen LogP contribution in [0.1, 0.15) is 25.7 Å². The summed E-state index contributed by atoms with van der Waals surface area (Å²) in [5, 5.41) is 9.09. The van der Waals surface area contributed by atoms with Gasteiger partial charge in [0, 0.05) is 12.6 Å². The van der Waals surface area contributed by atoms with Crippen molar-refractivity contribution < 1.29 is 14.6 Å². The highest BCUT2D eigenvalue weighted by atomic mass is 16.5. The number of carboxylic acids is 1. The highest BCUT2D eigenvalue weighted by molar-refractivity contribution is 5.73. The number of nitrogens with zero attached hydrogens (tertiary/aromatic N) is 1. The Balaban J connectivity index is 2.01. The van der Waals surface area contributed by atoms with Gasteiger partial charge in [-0.25, -0.2) is 0 Å². The van der Waals surface area contributed by atoms with Crippen molar-refractivity contribution in [1.82, 2.24) is 4.90 Å². The predicted molar refractivity (Wildman–Crippen MR) is 51.2 cm³/mol. The van der Waals surface area contributed by atoms with Gasteiger partial charge in [-0.15, -0.1) is 0 Å². The number of carbonyl (C=O) groups is 1. The number of hydrogen-bond acceptors (Lipinski definition) is 3. The Kier molecular flexibility index (Phi) is 3.03. The molecule has 4 heteroatoms. The van der Waals surface area contributed by atoms with Crippen LogP contribution in [0.3, 0.4) is 0 Å². The van der Waals surface area contributed by atoms with Gasteiger partial charge in [0.05, 0.1) is 6.61 Å². The number of rotatable bonds is 2. The molecule has 2 fully saturated rings. The maximum Gasteiger partial charge on any atom is 0.320 e. The van der Waals surface area contributed by atoms with Crippen LogP contribution in [0.2, 0.25) is 0 Å². The van der Waals surface area contributed by atoms with Gasteiger partial charge >= 0.3 is 5.97 Å². The first-order valence-electron chi connectivity index (χ1n) is 5.35. The molecule has 0 spiro atoms. The molecule has 2 saturated heterocycles. The minimum Gasteiger partial charge on any atom is -0.480 e. The van der Waals surface area contributed by atoms with E-state index in [1.165, 1.54) is 0 Å². The maximum atomic E-state index is 11.0. The lowest BCUT2D eigenvalue weighted by Crippen LogP contribution is -2.50. The zero-order valence-electron chi connectivity index (χ0n) is 8.32. The molecular formula is C10H17NO3. The highest BCUT2D eigenvalue weighted by Gasteiger charge is 2.34. The van der Waals surface area contributed by atoms with Gasteiger partial charge in [-0.2, -0.15) is 0 Å². The summed E-state index contributed by atoms with van der Waals surface area (Å²) < 4.78 is 5.30. The molecular weight excluding hydrogens is 182 g/mol. The van der Waals surface area contributed by atoms with Gasteiger partial charge in [-0.3, -0.25) is 9.69 Å². The van der Waals surface area contributed by atoms with E-state index in [1.807, 2.05) is 0 Å². The summed E-state index contributed by atoms with van der Waals surface area (Å²) in [6.45, 7) is 2.42. The van der Waals surface area contributed by atoms with Gasteiger partial charge in [0.25, 0.3) is 0 Å². The molecule has 2 unspecified atom stereocenters. The van der Waals surface area contributed by atoms with Gasteiger partial charge < -0.3 is 9.84 Å². The van der Waals surface area contributed by atoms with Crippen LogP contribution in [0.15, 0.2) is 0 Å². The molecule has 2 heterocycles. The van der Waals surface area contributed by atoms with Crippen molar-refractivity contribution in [2.45, 2.75) is 37.8 Å². The van der Waals surface area contributed by atoms with Crippen molar-refractivity contribution in [3.05, 3.63) is 0 Å². The van der Waals surface area contributed by atoms with Crippen LogP contribution >= 0.6 is 0 Å². The largest absolute Gasteiger partial charge is 0.480 e. The standard InChI is InChI=1S/C10H17NO3/c12-10(13)9-3-1-2-5-11(9)8-4-6-14-7-8/h8-9H,1-7H2,(H,12,13). The molecule has 0 aromatic heterocycles. The van der Waals surface area contributed by atoms with E-state index in [2.05, 4.69) is 4.90 Å². The molecule has 0 bridgehead atoms. The monoisotopic (exact) mass is 199 g/mol. The van der Waals surface area contributed by atoms with Crippen molar-refractivity contribution in [1.29, 1.82) is 0 Å². The Morgan fingerprint density at radius 1 is 1.36 bits per heavy atom. The van der Waals surface area contributed by atoms with E-state index in [-0.39, 0.29) is 6.04 Å². The molecule has 0 amide bonds. The second-order valence-corrected chi connectivity index (χ2v) is 4.11. The lowest BCUT2D eigenvalue weighted by molar-refractivity contribution is -0.145. The van der Waals surface area contributed by atoms with E-state index < -0.39 is 5.97 Å². The molecule has 1 N–H and O–H groups in total. The van der Waals surface area contributed by atoms with E-state index >= 15 is 0 Å². The maximum absolute atomic E-state index is 11.0. The SMILES string of the molecule is O=C(O)C1CCCCN1C1CCOC1. The van der Waals surface area contributed by atoms with E-state index in [4.69, 9.17) is 9.84 Å². The van der Waals surface area contributed by atoms with E-state index in [0.717, 1.165) is 38.8 Å². The number of carboxylic acid groups (broad SMARTS) is 1. The van der Waals surface area contributed by atoms with Gasteiger partial charge in [0.15, 0.2) is 0 Å². The highest BCUT2D eigenvalue weighted by Crippen LogP contribution is 2.23. The summed E-state index contributed by atoms with van der Waals surface area (Å²) in [6, 6.07) is 0.0758. The molecule has 14 heavy (non-hydrogen) atoms. The minimum absolute atomic E-state index is 0.268. The molecule has 4 nitrogen and oxygen atoms in total. The summed E-state index contributed by atoms with van der Waals surface area (Å²) in [7, 11) is 0. The molecule has 2 aliphatic rings. The van der Waals surface area contributed by atoms with Crippen molar-refractivity contribution in [3.8, 4) is 0 Å². The van der Waals surface area contributed by atoms with Gasteiger partial charge in [-0.05, 0) is 25.8 Å². The fourth-order valence-corrected chi connectivity index (χ4v) is 2.44. The third-order valence-electron chi connectivity index (χ3n) is 3.20. The second kappa shape index (κ2) is 4.28. The summed E-state index contributed by atoms with van der Waals surface area (Å²) in [5.41, 5.74) is 0. The normalized spacial score (nSPS) is 34.6. The summed E-state index contributed by atoms with van der Waals surface area (Å²) in [6.07, 6.45) is 3.96. The molecule has 0 radical (unpaired) electrons. The van der Waals surface area contributed by atoms with Crippen molar-refractivity contribution in [2.75, 3.05) is 19.8 Å². The Morgan fingerprint density at radius 3 is 2.86 bits per heavy atom. The number of aliphatic carboxylic acids is 1. The van der Waals surface area contributed by atoms with E-state index in [9.17, 15) is 4.79 Å². The lowest BCUT2D eigenvalue weighted by atomic mass is 9.99. The first kappa shape index (κ1) is 9.93. The number of hydrogen-bond donors (Lipinski definition) is 1. The van der Waals surface area contributed by atoms with Crippen LogP contribution in [-0.2, 0) is 9.53 Å². The Morgan fingerprint density at radius 2 is 2.21 bits per heavy atom. The van der Waals surface area contributed by atoms with Crippen LogP contribution in [0, 0.1) is 0 Å². The second-order valence-electron chi connectivity index (χ2n) is 4.11. The molecule has 0 saturated carbocycles. The summed E-state index contributed by atoms with van der Waals surface area (Å²) in [5.74, 6) is -0.670. The van der Waals surface area contributed by atoms with Crippen LogP contribution in [0.4, 0.5) is 0 Å². The lowest BCUT2D eigenvalue weighted by Gasteiger charge is -2.36. The van der Waals surface area contributed by atoms with Crippen LogP contribution in [0.5, 0.6) is 0 Å². The van der Waals surface area contributed by atoms with Crippen molar-refractivity contribution in [2.24, 2.45) is 0 Å². The van der Waals surface area contributed by atoms with Crippen molar-refractivity contribution >= 4 is 5.97 Å². The van der Waals surface area contributed by atoms with Crippen molar-refractivity contribution in [3.63, 3.8) is 0 Å². The first-order valence-corrected chi connectivity index (χ1v) is 5.35. The van der Waals surface area contributed by atoms with Gasteiger partial charge in [0.1, 0.15) is 6.04 Å². The van der Waals surface area contributed by atoms with Crippen LogP contribution < -0.4 is 0 Å². The molecule has 2 rings (SSSR count). The number of likely N-dealkylation sites (tertiary alicyclic amines) is 1. The van der Waals surface area contributed by atoms with Crippen LogP contribution in [0.25, 0.3) is 0 Å². The Hall–Kier alpha value is -0.610. The quantitative estimate of drug-likeness (QED) is 0.711. The molecule has 2 aliphatic heterocycles. The zero-order valence-corrected chi connectivity index (χ0v) is 8.32. The number of ether oxygens (including phenoxy) is 1. The van der Waals surface area contributed by atoms with Crippen LogP contribution in [-0.4, -0.2) is 47.8 Å².